The highest BCUT2D eigenvalue weighted by Crippen LogP contribution is 2.18. The van der Waals surface area contributed by atoms with Crippen molar-refractivity contribution >= 4 is 11.6 Å². The summed E-state index contributed by atoms with van der Waals surface area (Å²) in [6.07, 6.45) is 1.56. The molecular formula is C16H18N4O. The Morgan fingerprint density at radius 1 is 1.43 bits per heavy atom. The van der Waals surface area contributed by atoms with Crippen molar-refractivity contribution < 1.29 is 4.79 Å². The molecule has 1 aromatic carbocycles. The zero-order valence-electron chi connectivity index (χ0n) is 12.4. The van der Waals surface area contributed by atoms with Crippen molar-refractivity contribution in [2.45, 2.75) is 13.8 Å². The van der Waals surface area contributed by atoms with E-state index in [2.05, 4.69) is 22.3 Å². The van der Waals surface area contributed by atoms with Crippen LogP contribution in [0.15, 0.2) is 24.4 Å². The summed E-state index contributed by atoms with van der Waals surface area (Å²) in [5.41, 5.74) is 9.25. The quantitative estimate of drug-likeness (QED) is 0.822. The third kappa shape index (κ3) is 3.30. The minimum Gasteiger partial charge on any atom is -0.321 e. The molecule has 0 unspecified atom stereocenters. The van der Waals surface area contributed by atoms with Crippen LogP contribution in [0.1, 0.15) is 27.2 Å². The molecule has 0 bridgehead atoms. The molecule has 0 atom stereocenters. The van der Waals surface area contributed by atoms with Crippen LogP contribution in [-0.2, 0) is 7.05 Å². The maximum Gasteiger partial charge on any atom is 0.259 e. The molecule has 0 saturated heterocycles. The maximum absolute atomic E-state index is 12.3. The van der Waals surface area contributed by atoms with E-state index >= 15 is 0 Å². The molecule has 5 heteroatoms. The third-order valence-electron chi connectivity index (χ3n) is 3.23. The molecule has 5 nitrogen and oxygen atoms in total. The molecule has 1 aromatic heterocycles. The molecule has 0 spiro atoms. The number of hydrogen-bond donors (Lipinski definition) is 2. The van der Waals surface area contributed by atoms with E-state index in [-0.39, 0.29) is 12.5 Å². The minimum absolute atomic E-state index is 0.193. The average molecular weight is 282 g/mol. The second kappa shape index (κ2) is 6.25. The Morgan fingerprint density at radius 2 is 2.19 bits per heavy atom. The molecule has 1 amide bonds. The maximum atomic E-state index is 12.3. The van der Waals surface area contributed by atoms with Crippen molar-refractivity contribution in [2.75, 3.05) is 11.9 Å². The summed E-state index contributed by atoms with van der Waals surface area (Å²) in [6.45, 7) is 4.10. The number of rotatable bonds is 2. The van der Waals surface area contributed by atoms with Crippen LogP contribution in [0.25, 0.3) is 0 Å². The molecular weight excluding hydrogens is 264 g/mol. The molecule has 1 heterocycles. The number of benzene rings is 1. The lowest BCUT2D eigenvalue weighted by molar-refractivity contribution is 0.102. The summed E-state index contributed by atoms with van der Waals surface area (Å²) in [5.74, 6) is 5.58. The van der Waals surface area contributed by atoms with E-state index in [0.29, 0.717) is 11.3 Å². The van der Waals surface area contributed by atoms with E-state index in [1.807, 2.05) is 32.0 Å². The largest absolute Gasteiger partial charge is 0.321 e. The van der Waals surface area contributed by atoms with Crippen molar-refractivity contribution in [3.05, 3.63) is 46.8 Å². The van der Waals surface area contributed by atoms with Gasteiger partial charge >= 0.3 is 0 Å². The summed E-state index contributed by atoms with van der Waals surface area (Å²) in [6, 6.07) is 5.72. The monoisotopic (exact) mass is 282 g/mol. The fourth-order valence-corrected chi connectivity index (χ4v) is 1.93. The molecule has 0 aliphatic carbocycles. The average Bonchev–Trinajstić information content (AvgIpc) is 2.78. The van der Waals surface area contributed by atoms with Gasteiger partial charge in [0.05, 0.1) is 24.0 Å². The number of aromatic nitrogens is 2. The Bertz CT molecular complexity index is 734. The van der Waals surface area contributed by atoms with Crippen LogP contribution in [0.4, 0.5) is 5.69 Å². The Kier molecular flexibility index (Phi) is 4.41. The first-order valence-electron chi connectivity index (χ1n) is 6.62. The molecule has 21 heavy (non-hydrogen) atoms. The number of nitrogens with two attached hydrogens (primary N) is 1. The second-order valence-electron chi connectivity index (χ2n) is 4.78. The molecule has 0 saturated carbocycles. The van der Waals surface area contributed by atoms with Crippen LogP contribution in [0.3, 0.4) is 0 Å². The van der Waals surface area contributed by atoms with Gasteiger partial charge in [-0.2, -0.15) is 5.10 Å². The number of aryl methyl sites for hydroxylation is 2. The number of carbonyl (C=O) groups is 1. The van der Waals surface area contributed by atoms with Crippen LogP contribution in [0, 0.1) is 25.7 Å². The molecule has 0 aliphatic rings. The Hall–Kier alpha value is -2.58. The fourth-order valence-electron chi connectivity index (χ4n) is 1.93. The van der Waals surface area contributed by atoms with Crippen LogP contribution >= 0.6 is 0 Å². The number of carbonyl (C=O) groups excluding carboxylic acids is 1. The summed E-state index contributed by atoms with van der Waals surface area (Å²) in [5, 5.41) is 6.97. The lowest BCUT2D eigenvalue weighted by Crippen LogP contribution is -2.14. The first-order chi connectivity index (χ1) is 10.0. The summed E-state index contributed by atoms with van der Waals surface area (Å²) >= 11 is 0. The SMILES string of the molecule is Cc1ccc(C#CCN)c(NC(=O)c2cnn(C)c2C)c1. The van der Waals surface area contributed by atoms with Gasteiger partial charge in [0, 0.05) is 18.3 Å². The summed E-state index contributed by atoms with van der Waals surface area (Å²) in [7, 11) is 1.80. The molecule has 108 valence electrons. The van der Waals surface area contributed by atoms with Gasteiger partial charge in [-0.15, -0.1) is 0 Å². The molecule has 0 aliphatic heterocycles. The van der Waals surface area contributed by atoms with Gasteiger partial charge in [0.2, 0.25) is 0 Å². The number of hydrogen-bond acceptors (Lipinski definition) is 3. The Morgan fingerprint density at radius 3 is 2.81 bits per heavy atom. The van der Waals surface area contributed by atoms with Gasteiger partial charge in [0.1, 0.15) is 0 Å². The van der Waals surface area contributed by atoms with Gasteiger partial charge in [-0.25, -0.2) is 0 Å². The second-order valence-corrected chi connectivity index (χ2v) is 4.78. The van der Waals surface area contributed by atoms with Crippen molar-refractivity contribution in [3.63, 3.8) is 0 Å². The number of nitrogens with zero attached hydrogens (tertiary/aromatic N) is 2. The van der Waals surface area contributed by atoms with Gasteiger partial charge in [0.15, 0.2) is 0 Å². The standard InChI is InChI=1S/C16H18N4O/c1-11-6-7-13(5-4-8-17)15(9-11)19-16(21)14-10-18-20(3)12(14)2/h6-7,9-10H,8,17H2,1-3H3,(H,19,21). The molecule has 3 N–H and O–H groups in total. The van der Waals surface area contributed by atoms with Crippen molar-refractivity contribution in [1.29, 1.82) is 0 Å². The van der Waals surface area contributed by atoms with Crippen LogP contribution < -0.4 is 11.1 Å². The number of nitrogens with one attached hydrogen (secondary N) is 1. The molecule has 0 fully saturated rings. The normalized spacial score (nSPS) is 9.90. The van der Waals surface area contributed by atoms with Crippen LogP contribution in [-0.4, -0.2) is 22.2 Å². The van der Waals surface area contributed by atoms with Gasteiger partial charge in [-0.3, -0.25) is 9.48 Å². The van der Waals surface area contributed by atoms with E-state index in [1.165, 1.54) is 0 Å². The van der Waals surface area contributed by atoms with E-state index in [4.69, 9.17) is 5.73 Å². The third-order valence-corrected chi connectivity index (χ3v) is 3.23. The van der Waals surface area contributed by atoms with Gasteiger partial charge in [0.25, 0.3) is 5.91 Å². The lowest BCUT2D eigenvalue weighted by Gasteiger charge is -2.08. The smallest absolute Gasteiger partial charge is 0.259 e. The van der Waals surface area contributed by atoms with Crippen LogP contribution in [0.2, 0.25) is 0 Å². The van der Waals surface area contributed by atoms with Gasteiger partial charge in [-0.05, 0) is 31.5 Å². The highest BCUT2D eigenvalue weighted by molar-refractivity contribution is 6.05. The van der Waals surface area contributed by atoms with Gasteiger partial charge < -0.3 is 11.1 Å². The van der Waals surface area contributed by atoms with E-state index in [1.54, 1.807) is 17.9 Å². The fraction of sp³-hybridized carbons (Fsp3) is 0.250. The minimum atomic E-state index is -0.193. The zero-order valence-corrected chi connectivity index (χ0v) is 12.4. The Balaban J connectivity index is 2.32. The predicted octanol–water partition coefficient (Wildman–Crippen LogP) is 1.60. The molecule has 2 aromatic rings. The summed E-state index contributed by atoms with van der Waals surface area (Å²) in [4.78, 5) is 12.3. The van der Waals surface area contributed by atoms with E-state index in [9.17, 15) is 4.79 Å². The van der Waals surface area contributed by atoms with E-state index in [0.717, 1.165) is 16.8 Å². The topological polar surface area (TPSA) is 72.9 Å². The first-order valence-corrected chi connectivity index (χ1v) is 6.62. The van der Waals surface area contributed by atoms with Gasteiger partial charge in [-0.1, -0.05) is 17.9 Å². The first kappa shape index (κ1) is 14.8. The lowest BCUT2D eigenvalue weighted by atomic mass is 10.1. The molecule has 0 radical (unpaired) electrons. The Labute approximate surface area is 124 Å². The molecule has 2 rings (SSSR count). The van der Waals surface area contributed by atoms with Crippen molar-refractivity contribution in [3.8, 4) is 11.8 Å². The van der Waals surface area contributed by atoms with E-state index < -0.39 is 0 Å². The predicted molar refractivity (Wildman–Crippen MR) is 83.0 cm³/mol. The highest BCUT2D eigenvalue weighted by Gasteiger charge is 2.14. The number of amides is 1. The van der Waals surface area contributed by atoms with Crippen molar-refractivity contribution in [1.82, 2.24) is 9.78 Å². The number of anilines is 1. The highest BCUT2D eigenvalue weighted by atomic mass is 16.1. The van der Waals surface area contributed by atoms with Crippen LogP contribution in [0.5, 0.6) is 0 Å². The summed E-state index contributed by atoms with van der Waals surface area (Å²) < 4.78 is 1.67. The zero-order chi connectivity index (χ0) is 15.4. The van der Waals surface area contributed by atoms with Crippen molar-refractivity contribution in [2.24, 2.45) is 12.8 Å².